The largest absolute Gasteiger partial charge is 0.496 e. The number of benzene rings is 2. The van der Waals surface area contributed by atoms with Gasteiger partial charge in [-0.15, -0.1) is 0 Å². The van der Waals surface area contributed by atoms with Crippen LogP contribution in [0.2, 0.25) is 0 Å². The fourth-order valence-electron chi connectivity index (χ4n) is 3.99. The zero-order valence-corrected chi connectivity index (χ0v) is 19.5. The molecule has 0 atom stereocenters. The van der Waals surface area contributed by atoms with E-state index in [2.05, 4.69) is 20.3 Å². The van der Waals surface area contributed by atoms with Gasteiger partial charge >= 0.3 is 6.18 Å². The standard InChI is InChI=1S/C27H20F3N5O2/c1-37-22-8-7-16(26(36)33-20-6-2-5-19(14-20)27(28,29)30)12-18(22)13-23-34-21-9-11-32-25(21)24(35-23)17-4-3-10-31-15-17/h2-12,14-15,32H,13H2,1H3,(H,33,36). The van der Waals surface area contributed by atoms with E-state index in [9.17, 15) is 18.0 Å². The summed E-state index contributed by atoms with van der Waals surface area (Å²) in [5, 5.41) is 2.53. The maximum absolute atomic E-state index is 13.0. The normalized spacial score (nSPS) is 11.5. The van der Waals surface area contributed by atoms with Gasteiger partial charge in [-0.2, -0.15) is 13.2 Å². The summed E-state index contributed by atoms with van der Waals surface area (Å²) >= 11 is 0. The van der Waals surface area contributed by atoms with E-state index in [0.29, 0.717) is 22.8 Å². The molecular weight excluding hydrogens is 483 g/mol. The van der Waals surface area contributed by atoms with Crippen LogP contribution >= 0.6 is 0 Å². The van der Waals surface area contributed by atoms with Crippen LogP contribution in [0.4, 0.5) is 18.9 Å². The molecule has 0 fully saturated rings. The third-order valence-electron chi connectivity index (χ3n) is 5.73. The Morgan fingerprint density at radius 2 is 1.92 bits per heavy atom. The Hall–Kier alpha value is -4.73. The first kappa shape index (κ1) is 24.0. The minimum atomic E-state index is -4.51. The molecule has 0 bridgehead atoms. The lowest BCUT2D eigenvalue weighted by atomic mass is 10.0. The molecule has 2 aromatic carbocycles. The summed E-state index contributed by atoms with van der Waals surface area (Å²) in [5.41, 5.74) is 3.10. The number of H-pyrrole nitrogens is 1. The average molecular weight is 503 g/mol. The fourth-order valence-corrected chi connectivity index (χ4v) is 3.99. The molecule has 3 heterocycles. The molecule has 10 heteroatoms. The van der Waals surface area contributed by atoms with Crippen molar-refractivity contribution in [3.63, 3.8) is 0 Å². The van der Waals surface area contributed by atoms with Gasteiger partial charge in [0.15, 0.2) is 0 Å². The van der Waals surface area contributed by atoms with E-state index in [1.807, 2.05) is 18.2 Å². The first-order valence-corrected chi connectivity index (χ1v) is 11.2. The Morgan fingerprint density at radius 3 is 2.68 bits per heavy atom. The first-order valence-electron chi connectivity index (χ1n) is 11.2. The maximum atomic E-state index is 13.0. The SMILES string of the molecule is COc1ccc(C(=O)Nc2cccc(C(F)(F)F)c2)cc1Cc1nc(-c2cccnc2)c2[nH]ccc2n1. The van der Waals surface area contributed by atoms with Gasteiger partial charge in [0, 0.05) is 47.4 Å². The highest BCUT2D eigenvalue weighted by Gasteiger charge is 2.30. The Labute approximate surface area is 209 Å². The monoisotopic (exact) mass is 503 g/mol. The molecular formula is C27H20F3N5O2. The number of hydrogen-bond acceptors (Lipinski definition) is 5. The number of pyridine rings is 1. The number of amides is 1. The van der Waals surface area contributed by atoms with Crippen molar-refractivity contribution in [3.8, 4) is 17.0 Å². The molecule has 3 aromatic heterocycles. The number of aromatic nitrogens is 4. The average Bonchev–Trinajstić information content (AvgIpc) is 3.37. The van der Waals surface area contributed by atoms with Gasteiger partial charge < -0.3 is 15.0 Å². The summed E-state index contributed by atoms with van der Waals surface area (Å²) in [7, 11) is 1.51. The molecule has 7 nitrogen and oxygen atoms in total. The van der Waals surface area contributed by atoms with E-state index in [0.717, 1.165) is 28.7 Å². The van der Waals surface area contributed by atoms with E-state index in [1.54, 1.807) is 36.8 Å². The molecule has 0 aliphatic carbocycles. The molecule has 5 aromatic rings. The lowest BCUT2D eigenvalue weighted by Gasteiger charge is -2.13. The van der Waals surface area contributed by atoms with Gasteiger partial charge in [0.2, 0.25) is 0 Å². The van der Waals surface area contributed by atoms with Crippen molar-refractivity contribution >= 4 is 22.6 Å². The third kappa shape index (κ3) is 5.13. The highest BCUT2D eigenvalue weighted by atomic mass is 19.4. The van der Waals surface area contributed by atoms with Gasteiger partial charge in [0.05, 0.1) is 29.4 Å². The number of nitrogens with zero attached hydrogens (tertiary/aromatic N) is 3. The number of fused-ring (bicyclic) bond motifs is 1. The Kier molecular flexibility index (Phi) is 6.31. The van der Waals surface area contributed by atoms with Crippen LogP contribution in [0.5, 0.6) is 5.75 Å². The summed E-state index contributed by atoms with van der Waals surface area (Å²) in [6.45, 7) is 0. The fraction of sp³-hybridized carbons (Fsp3) is 0.111. The quantitative estimate of drug-likeness (QED) is 0.301. The highest BCUT2D eigenvalue weighted by molar-refractivity contribution is 6.04. The second-order valence-electron chi connectivity index (χ2n) is 8.20. The minimum Gasteiger partial charge on any atom is -0.496 e. The van der Waals surface area contributed by atoms with Gasteiger partial charge in [-0.3, -0.25) is 9.78 Å². The Morgan fingerprint density at radius 1 is 1.05 bits per heavy atom. The summed E-state index contributed by atoms with van der Waals surface area (Å²) in [6, 6.07) is 14.8. The molecule has 1 amide bonds. The van der Waals surface area contributed by atoms with Crippen molar-refractivity contribution in [1.82, 2.24) is 19.9 Å². The van der Waals surface area contributed by atoms with Crippen molar-refractivity contribution in [2.75, 3.05) is 12.4 Å². The Balaban J connectivity index is 1.46. The molecule has 0 radical (unpaired) electrons. The van der Waals surface area contributed by atoms with E-state index < -0.39 is 17.6 Å². The number of carbonyl (C=O) groups excluding carboxylic acids is 1. The van der Waals surface area contributed by atoms with Crippen LogP contribution in [0.3, 0.4) is 0 Å². The van der Waals surface area contributed by atoms with Crippen molar-refractivity contribution < 1.29 is 22.7 Å². The van der Waals surface area contributed by atoms with Crippen LogP contribution in [0.15, 0.2) is 79.3 Å². The number of hydrogen-bond donors (Lipinski definition) is 2. The zero-order valence-electron chi connectivity index (χ0n) is 19.5. The number of rotatable bonds is 6. The number of ether oxygens (including phenoxy) is 1. The lowest BCUT2D eigenvalue weighted by molar-refractivity contribution is -0.137. The first-order chi connectivity index (χ1) is 17.8. The van der Waals surface area contributed by atoms with Crippen molar-refractivity contribution in [1.29, 1.82) is 0 Å². The van der Waals surface area contributed by atoms with E-state index in [-0.39, 0.29) is 17.7 Å². The number of carbonyl (C=O) groups is 1. The summed E-state index contributed by atoms with van der Waals surface area (Å²) in [4.78, 5) is 29.6. The molecule has 37 heavy (non-hydrogen) atoms. The number of halogens is 3. The van der Waals surface area contributed by atoms with Crippen LogP contribution < -0.4 is 10.1 Å². The van der Waals surface area contributed by atoms with E-state index >= 15 is 0 Å². The predicted octanol–water partition coefficient (Wildman–Crippen LogP) is 5.89. The molecule has 0 aliphatic rings. The molecule has 5 rings (SSSR count). The van der Waals surface area contributed by atoms with Crippen LogP contribution in [-0.2, 0) is 12.6 Å². The van der Waals surface area contributed by atoms with Gasteiger partial charge in [-0.05, 0) is 54.6 Å². The number of anilines is 1. The molecule has 0 saturated heterocycles. The molecule has 186 valence electrons. The second kappa shape index (κ2) is 9.73. The van der Waals surface area contributed by atoms with Crippen molar-refractivity contribution in [2.24, 2.45) is 0 Å². The summed E-state index contributed by atoms with van der Waals surface area (Å²) in [5.74, 6) is 0.470. The number of alkyl halides is 3. The molecule has 0 saturated carbocycles. The molecule has 0 unspecified atom stereocenters. The van der Waals surface area contributed by atoms with E-state index in [1.165, 1.54) is 19.2 Å². The highest BCUT2D eigenvalue weighted by Crippen LogP contribution is 2.31. The van der Waals surface area contributed by atoms with E-state index in [4.69, 9.17) is 9.72 Å². The Bertz CT molecular complexity index is 1580. The molecule has 2 N–H and O–H groups in total. The van der Waals surface area contributed by atoms with Crippen molar-refractivity contribution in [2.45, 2.75) is 12.6 Å². The smallest absolute Gasteiger partial charge is 0.416 e. The van der Waals surface area contributed by atoms with Crippen LogP contribution in [0.25, 0.3) is 22.3 Å². The third-order valence-corrected chi connectivity index (χ3v) is 5.73. The second-order valence-corrected chi connectivity index (χ2v) is 8.20. The minimum absolute atomic E-state index is 0.0412. The van der Waals surface area contributed by atoms with Crippen molar-refractivity contribution in [3.05, 3.63) is 102 Å². The van der Waals surface area contributed by atoms with Gasteiger partial charge in [-0.1, -0.05) is 6.07 Å². The number of aromatic amines is 1. The van der Waals surface area contributed by atoms with Crippen LogP contribution in [-0.4, -0.2) is 33.0 Å². The number of methoxy groups -OCH3 is 1. The molecule has 0 spiro atoms. The lowest BCUT2D eigenvalue weighted by Crippen LogP contribution is -2.14. The summed E-state index contributed by atoms with van der Waals surface area (Å²) < 4.78 is 44.6. The topological polar surface area (TPSA) is 92.8 Å². The van der Waals surface area contributed by atoms with Gasteiger partial charge in [-0.25, -0.2) is 9.97 Å². The van der Waals surface area contributed by atoms with Gasteiger partial charge in [0.25, 0.3) is 5.91 Å². The van der Waals surface area contributed by atoms with Gasteiger partial charge in [0.1, 0.15) is 11.6 Å². The van der Waals surface area contributed by atoms with Crippen LogP contribution in [0, 0.1) is 0 Å². The summed E-state index contributed by atoms with van der Waals surface area (Å²) in [6.07, 6.45) is 0.914. The maximum Gasteiger partial charge on any atom is 0.416 e. The molecule has 0 aliphatic heterocycles. The predicted molar refractivity (Wildman–Crippen MR) is 132 cm³/mol. The number of nitrogens with one attached hydrogen (secondary N) is 2. The van der Waals surface area contributed by atoms with Crippen LogP contribution in [0.1, 0.15) is 27.3 Å². The zero-order chi connectivity index (χ0) is 26.0.